The molecule has 0 rings (SSSR count). The Labute approximate surface area is 88.0 Å². The van der Waals surface area contributed by atoms with Crippen LogP contribution in [0.1, 0.15) is 48.0 Å². The molecule has 84 valence electrons. The van der Waals surface area contributed by atoms with Gasteiger partial charge in [-0.05, 0) is 17.8 Å². The van der Waals surface area contributed by atoms with Crippen LogP contribution in [0, 0.1) is 17.3 Å². The number of carbonyl (C=O) groups is 1. The third-order valence-corrected chi connectivity index (χ3v) is 3.41. The van der Waals surface area contributed by atoms with E-state index in [0.717, 1.165) is 6.42 Å². The van der Waals surface area contributed by atoms with Crippen LogP contribution in [-0.2, 0) is 9.53 Å². The molecule has 2 heteroatoms. The van der Waals surface area contributed by atoms with Gasteiger partial charge in [-0.3, -0.25) is 4.79 Å². The Morgan fingerprint density at radius 3 is 2.14 bits per heavy atom. The first-order valence-electron chi connectivity index (χ1n) is 5.50. The second kappa shape index (κ2) is 5.38. The Kier molecular flexibility index (Phi) is 5.17. The smallest absolute Gasteiger partial charge is 0.309 e. The summed E-state index contributed by atoms with van der Waals surface area (Å²) >= 11 is 0. The largest absolute Gasteiger partial charge is 0.465 e. The second-order valence-electron chi connectivity index (χ2n) is 4.87. The van der Waals surface area contributed by atoms with Crippen LogP contribution in [0.25, 0.3) is 0 Å². The summed E-state index contributed by atoms with van der Waals surface area (Å²) in [5, 5.41) is 0. The molecule has 0 heterocycles. The maximum Gasteiger partial charge on any atom is 0.309 e. The molecule has 0 aliphatic heterocycles. The SMILES string of the molecule is CCCOC(=O)C(C)C(C)(C)C(C)C. The predicted molar refractivity (Wildman–Crippen MR) is 59.0 cm³/mol. The Hall–Kier alpha value is -0.530. The summed E-state index contributed by atoms with van der Waals surface area (Å²) in [4.78, 5) is 11.6. The molecule has 0 aromatic carbocycles. The van der Waals surface area contributed by atoms with Crippen molar-refractivity contribution >= 4 is 5.97 Å². The highest BCUT2D eigenvalue weighted by Crippen LogP contribution is 2.35. The van der Waals surface area contributed by atoms with Gasteiger partial charge in [0.25, 0.3) is 0 Å². The highest BCUT2D eigenvalue weighted by Gasteiger charge is 2.34. The van der Waals surface area contributed by atoms with E-state index >= 15 is 0 Å². The zero-order valence-corrected chi connectivity index (χ0v) is 10.4. The van der Waals surface area contributed by atoms with Crippen molar-refractivity contribution in [2.24, 2.45) is 17.3 Å². The van der Waals surface area contributed by atoms with Crippen LogP contribution in [-0.4, -0.2) is 12.6 Å². The number of ether oxygens (including phenoxy) is 1. The van der Waals surface area contributed by atoms with Gasteiger partial charge in [-0.25, -0.2) is 0 Å². The monoisotopic (exact) mass is 200 g/mol. The summed E-state index contributed by atoms with van der Waals surface area (Å²) in [6, 6.07) is 0. The summed E-state index contributed by atoms with van der Waals surface area (Å²) in [7, 11) is 0. The van der Waals surface area contributed by atoms with E-state index in [4.69, 9.17) is 4.74 Å². The Bertz CT molecular complexity index is 183. The van der Waals surface area contributed by atoms with E-state index in [1.54, 1.807) is 0 Å². The molecule has 14 heavy (non-hydrogen) atoms. The standard InChI is InChI=1S/C12H24O2/c1-7-8-14-11(13)10(4)12(5,6)9(2)3/h9-10H,7-8H2,1-6H3. The molecule has 1 unspecified atom stereocenters. The van der Waals surface area contributed by atoms with Crippen LogP contribution in [0.3, 0.4) is 0 Å². The zero-order chi connectivity index (χ0) is 11.4. The Balaban J connectivity index is 4.30. The van der Waals surface area contributed by atoms with Crippen LogP contribution in [0.15, 0.2) is 0 Å². The first-order valence-corrected chi connectivity index (χ1v) is 5.50. The number of carbonyl (C=O) groups excluding carboxylic acids is 1. The maximum absolute atomic E-state index is 11.6. The lowest BCUT2D eigenvalue weighted by Gasteiger charge is -2.34. The average Bonchev–Trinajstić information content (AvgIpc) is 2.12. The lowest BCUT2D eigenvalue weighted by Crippen LogP contribution is -2.34. The predicted octanol–water partition coefficient (Wildman–Crippen LogP) is 3.26. The van der Waals surface area contributed by atoms with Crippen LogP contribution in [0.4, 0.5) is 0 Å². The highest BCUT2D eigenvalue weighted by molar-refractivity contribution is 5.72. The summed E-state index contributed by atoms with van der Waals surface area (Å²) < 4.78 is 5.15. The molecule has 2 nitrogen and oxygen atoms in total. The normalized spacial score (nSPS) is 14.2. The number of hydrogen-bond donors (Lipinski definition) is 0. The van der Waals surface area contributed by atoms with Crippen molar-refractivity contribution in [3.8, 4) is 0 Å². The van der Waals surface area contributed by atoms with Gasteiger partial charge >= 0.3 is 5.97 Å². The molecule has 0 saturated carbocycles. The van der Waals surface area contributed by atoms with Crippen molar-refractivity contribution in [3.63, 3.8) is 0 Å². The molecular weight excluding hydrogens is 176 g/mol. The maximum atomic E-state index is 11.6. The third kappa shape index (κ3) is 3.32. The summed E-state index contributed by atoms with van der Waals surface area (Å²) in [6.07, 6.45) is 0.889. The molecule has 0 aliphatic rings. The van der Waals surface area contributed by atoms with Crippen molar-refractivity contribution in [1.82, 2.24) is 0 Å². The van der Waals surface area contributed by atoms with E-state index in [0.29, 0.717) is 12.5 Å². The summed E-state index contributed by atoms with van der Waals surface area (Å²) in [6.45, 7) is 13.0. The lowest BCUT2D eigenvalue weighted by molar-refractivity contribution is -0.153. The summed E-state index contributed by atoms with van der Waals surface area (Å²) in [5.41, 5.74) is 0.00479. The van der Waals surface area contributed by atoms with Crippen molar-refractivity contribution in [1.29, 1.82) is 0 Å². The molecular formula is C12H24O2. The second-order valence-corrected chi connectivity index (χ2v) is 4.87. The van der Waals surface area contributed by atoms with Crippen LogP contribution in [0.5, 0.6) is 0 Å². The minimum Gasteiger partial charge on any atom is -0.465 e. The molecule has 0 amide bonds. The number of hydrogen-bond acceptors (Lipinski definition) is 2. The average molecular weight is 200 g/mol. The van der Waals surface area contributed by atoms with Gasteiger partial charge in [0.05, 0.1) is 12.5 Å². The fraction of sp³-hybridized carbons (Fsp3) is 0.917. The molecule has 1 atom stereocenters. The highest BCUT2D eigenvalue weighted by atomic mass is 16.5. The first kappa shape index (κ1) is 13.5. The molecule has 0 fully saturated rings. The minimum absolute atomic E-state index is 0.00479. The lowest BCUT2D eigenvalue weighted by atomic mass is 9.71. The quantitative estimate of drug-likeness (QED) is 0.637. The van der Waals surface area contributed by atoms with E-state index in [9.17, 15) is 4.79 Å². The topological polar surface area (TPSA) is 26.3 Å². The van der Waals surface area contributed by atoms with Crippen molar-refractivity contribution < 1.29 is 9.53 Å². The van der Waals surface area contributed by atoms with Crippen LogP contribution in [0.2, 0.25) is 0 Å². The van der Waals surface area contributed by atoms with Gasteiger partial charge in [-0.2, -0.15) is 0 Å². The fourth-order valence-electron chi connectivity index (χ4n) is 1.13. The molecule has 0 spiro atoms. The van der Waals surface area contributed by atoms with E-state index in [-0.39, 0.29) is 17.3 Å². The van der Waals surface area contributed by atoms with E-state index in [1.807, 2.05) is 13.8 Å². The number of rotatable bonds is 5. The summed E-state index contributed by atoms with van der Waals surface area (Å²) in [5.74, 6) is 0.381. The molecule has 0 aliphatic carbocycles. The Morgan fingerprint density at radius 1 is 1.29 bits per heavy atom. The first-order chi connectivity index (χ1) is 6.34. The van der Waals surface area contributed by atoms with Crippen molar-refractivity contribution in [2.45, 2.75) is 48.0 Å². The Morgan fingerprint density at radius 2 is 1.79 bits per heavy atom. The van der Waals surface area contributed by atoms with Crippen molar-refractivity contribution in [3.05, 3.63) is 0 Å². The van der Waals surface area contributed by atoms with Gasteiger partial charge in [-0.1, -0.05) is 41.5 Å². The van der Waals surface area contributed by atoms with Gasteiger partial charge in [0.1, 0.15) is 0 Å². The number of esters is 1. The minimum atomic E-state index is -0.0643. The van der Waals surface area contributed by atoms with Gasteiger partial charge in [-0.15, -0.1) is 0 Å². The molecule has 0 N–H and O–H groups in total. The third-order valence-electron chi connectivity index (χ3n) is 3.41. The van der Waals surface area contributed by atoms with Gasteiger partial charge in [0.2, 0.25) is 0 Å². The van der Waals surface area contributed by atoms with Crippen LogP contribution >= 0.6 is 0 Å². The molecule has 0 radical (unpaired) electrons. The molecule has 0 saturated heterocycles. The molecule has 0 bridgehead atoms. The van der Waals surface area contributed by atoms with Gasteiger partial charge < -0.3 is 4.74 Å². The van der Waals surface area contributed by atoms with Gasteiger partial charge in [0, 0.05) is 0 Å². The molecule has 0 aromatic heterocycles. The van der Waals surface area contributed by atoms with Gasteiger partial charge in [0.15, 0.2) is 0 Å². The van der Waals surface area contributed by atoms with E-state index in [1.165, 1.54) is 0 Å². The fourth-order valence-corrected chi connectivity index (χ4v) is 1.13. The van der Waals surface area contributed by atoms with Crippen molar-refractivity contribution in [2.75, 3.05) is 6.61 Å². The van der Waals surface area contributed by atoms with E-state index < -0.39 is 0 Å². The zero-order valence-electron chi connectivity index (χ0n) is 10.4. The van der Waals surface area contributed by atoms with Crippen LogP contribution < -0.4 is 0 Å². The molecule has 0 aromatic rings. The van der Waals surface area contributed by atoms with E-state index in [2.05, 4.69) is 27.7 Å².